The molecule has 2 amide bonds. The fraction of sp³-hybridized carbons (Fsp3) is 0.462. The van der Waals surface area contributed by atoms with Gasteiger partial charge in [0.05, 0.1) is 0 Å². The summed E-state index contributed by atoms with van der Waals surface area (Å²) in [5.41, 5.74) is 1.96. The Balaban J connectivity index is 1.94. The van der Waals surface area contributed by atoms with Crippen molar-refractivity contribution >= 4 is 17.4 Å². The second-order valence-corrected chi connectivity index (χ2v) is 4.61. The number of carbonyl (C=O) groups is 1. The monoisotopic (exact) mass is 248 g/mol. The number of nitrogens with one attached hydrogen (secondary N) is 2. The molecule has 1 saturated heterocycles. The Morgan fingerprint density at radius 1 is 1.22 bits per heavy atom. The molecule has 0 radical (unpaired) electrons. The molecule has 5 nitrogen and oxygen atoms in total. The van der Waals surface area contributed by atoms with Crippen LogP contribution in [0.15, 0.2) is 24.3 Å². The van der Waals surface area contributed by atoms with Gasteiger partial charge in [-0.3, -0.25) is 0 Å². The number of carbonyl (C=O) groups excluding carboxylic acids is 1. The quantitative estimate of drug-likeness (QED) is 0.826. The van der Waals surface area contributed by atoms with Crippen molar-refractivity contribution in [1.29, 1.82) is 0 Å². The summed E-state index contributed by atoms with van der Waals surface area (Å²) in [6.07, 6.45) is 0. The molecule has 1 heterocycles. The molecule has 0 bridgehead atoms. The maximum Gasteiger partial charge on any atom is 0.321 e. The average molecular weight is 248 g/mol. The SMILES string of the molecule is CN(C)c1ccc(NC(=O)N2CCNCC2)cc1. The Bertz CT molecular complexity index is 396. The predicted molar refractivity (Wildman–Crippen MR) is 74.2 cm³/mol. The van der Waals surface area contributed by atoms with E-state index in [0.717, 1.165) is 37.6 Å². The molecule has 2 N–H and O–H groups in total. The maximum absolute atomic E-state index is 12.0. The zero-order valence-electron chi connectivity index (χ0n) is 10.9. The Morgan fingerprint density at radius 3 is 2.39 bits per heavy atom. The molecule has 5 heteroatoms. The molecule has 1 aromatic carbocycles. The number of rotatable bonds is 2. The normalized spacial score (nSPS) is 15.3. The van der Waals surface area contributed by atoms with Gasteiger partial charge in [-0.25, -0.2) is 4.79 Å². The van der Waals surface area contributed by atoms with E-state index in [1.54, 1.807) is 0 Å². The van der Waals surface area contributed by atoms with E-state index in [-0.39, 0.29) is 6.03 Å². The van der Waals surface area contributed by atoms with Crippen LogP contribution in [0.25, 0.3) is 0 Å². The summed E-state index contributed by atoms with van der Waals surface area (Å²) in [4.78, 5) is 15.8. The summed E-state index contributed by atoms with van der Waals surface area (Å²) in [6.45, 7) is 3.27. The van der Waals surface area contributed by atoms with Crippen LogP contribution in [0.4, 0.5) is 16.2 Å². The lowest BCUT2D eigenvalue weighted by Crippen LogP contribution is -2.48. The third-order valence-electron chi connectivity index (χ3n) is 3.04. The van der Waals surface area contributed by atoms with E-state index in [9.17, 15) is 4.79 Å². The summed E-state index contributed by atoms with van der Waals surface area (Å²) in [5.74, 6) is 0. The lowest BCUT2D eigenvalue weighted by molar-refractivity contribution is 0.204. The highest BCUT2D eigenvalue weighted by atomic mass is 16.2. The van der Waals surface area contributed by atoms with E-state index in [0.29, 0.717) is 0 Å². The topological polar surface area (TPSA) is 47.6 Å². The standard InChI is InChI=1S/C13H20N4O/c1-16(2)12-5-3-11(4-6-12)15-13(18)17-9-7-14-8-10-17/h3-6,14H,7-10H2,1-2H3,(H,15,18). The number of hydrogen-bond acceptors (Lipinski definition) is 3. The number of anilines is 2. The Labute approximate surface area is 108 Å². The molecule has 0 unspecified atom stereocenters. The summed E-state index contributed by atoms with van der Waals surface area (Å²) in [6, 6.07) is 7.82. The van der Waals surface area contributed by atoms with Crippen molar-refractivity contribution in [2.45, 2.75) is 0 Å². The van der Waals surface area contributed by atoms with Gasteiger partial charge in [-0.05, 0) is 24.3 Å². The lowest BCUT2D eigenvalue weighted by Gasteiger charge is -2.27. The van der Waals surface area contributed by atoms with Gasteiger partial charge in [-0.1, -0.05) is 0 Å². The number of benzene rings is 1. The first-order chi connectivity index (χ1) is 8.66. The van der Waals surface area contributed by atoms with Gasteiger partial charge < -0.3 is 20.4 Å². The molecule has 0 saturated carbocycles. The highest BCUT2D eigenvalue weighted by molar-refractivity contribution is 5.89. The Hall–Kier alpha value is -1.75. The van der Waals surface area contributed by atoms with Crippen molar-refractivity contribution in [3.63, 3.8) is 0 Å². The number of amides is 2. The first-order valence-electron chi connectivity index (χ1n) is 6.21. The van der Waals surface area contributed by atoms with Crippen molar-refractivity contribution in [2.75, 3.05) is 50.5 Å². The number of hydrogen-bond donors (Lipinski definition) is 2. The summed E-state index contributed by atoms with van der Waals surface area (Å²) in [5, 5.41) is 6.14. The molecule has 0 spiro atoms. The van der Waals surface area contributed by atoms with E-state index < -0.39 is 0 Å². The van der Waals surface area contributed by atoms with E-state index in [1.807, 2.05) is 48.2 Å². The molecule has 1 aliphatic rings. The minimum atomic E-state index is -0.0193. The second kappa shape index (κ2) is 5.73. The van der Waals surface area contributed by atoms with Crippen LogP contribution < -0.4 is 15.5 Å². The van der Waals surface area contributed by atoms with Crippen molar-refractivity contribution < 1.29 is 4.79 Å². The molecular formula is C13H20N4O. The number of urea groups is 1. The maximum atomic E-state index is 12.0. The predicted octanol–water partition coefficient (Wildman–Crippen LogP) is 1.19. The molecule has 2 rings (SSSR count). The molecule has 0 aliphatic carbocycles. The van der Waals surface area contributed by atoms with Crippen LogP contribution >= 0.6 is 0 Å². The number of nitrogens with zero attached hydrogens (tertiary/aromatic N) is 2. The minimum absolute atomic E-state index is 0.0193. The molecule has 18 heavy (non-hydrogen) atoms. The average Bonchev–Trinajstić information content (AvgIpc) is 2.40. The van der Waals surface area contributed by atoms with Gasteiger partial charge >= 0.3 is 6.03 Å². The second-order valence-electron chi connectivity index (χ2n) is 4.61. The smallest absolute Gasteiger partial charge is 0.321 e. The van der Waals surface area contributed by atoms with Crippen molar-refractivity contribution in [2.24, 2.45) is 0 Å². The van der Waals surface area contributed by atoms with Gasteiger partial charge in [-0.15, -0.1) is 0 Å². The van der Waals surface area contributed by atoms with E-state index in [4.69, 9.17) is 0 Å². The van der Waals surface area contributed by atoms with Gasteiger partial charge in [0.1, 0.15) is 0 Å². The molecule has 0 atom stereocenters. The van der Waals surface area contributed by atoms with Crippen LogP contribution in [0.1, 0.15) is 0 Å². The third-order valence-corrected chi connectivity index (χ3v) is 3.04. The van der Waals surface area contributed by atoms with E-state index in [1.165, 1.54) is 0 Å². The van der Waals surface area contributed by atoms with Crippen LogP contribution in [0.5, 0.6) is 0 Å². The highest BCUT2D eigenvalue weighted by Gasteiger charge is 2.15. The fourth-order valence-corrected chi connectivity index (χ4v) is 1.91. The number of piperazine rings is 1. The van der Waals surface area contributed by atoms with Crippen LogP contribution in [-0.4, -0.2) is 51.2 Å². The molecule has 98 valence electrons. The summed E-state index contributed by atoms with van der Waals surface area (Å²) >= 11 is 0. The van der Waals surface area contributed by atoms with Crippen molar-refractivity contribution in [3.8, 4) is 0 Å². The minimum Gasteiger partial charge on any atom is -0.378 e. The van der Waals surface area contributed by atoms with Gasteiger partial charge in [0.2, 0.25) is 0 Å². The Morgan fingerprint density at radius 2 is 1.83 bits per heavy atom. The van der Waals surface area contributed by atoms with Crippen molar-refractivity contribution in [3.05, 3.63) is 24.3 Å². The van der Waals surface area contributed by atoms with Crippen LogP contribution in [0, 0.1) is 0 Å². The summed E-state index contributed by atoms with van der Waals surface area (Å²) < 4.78 is 0. The third kappa shape index (κ3) is 3.13. The molecule has 1 fully saturated rings. The van der Waals surface area contributed by atoms with Crippen LogP contribution in [0.3, 0.4) is 0 Å². The Kier molecular flexibility index (Phi) is 4.04. The highest BCUT2D eigenvalue weighted by Crippen LogP contribution is 2.16. The zero-order valence-corrected chi connectivity index (χ0v) is 10.9. The van der Waals surface area contributed by atoms with Crippen LogP contribution in [0.2, 0.25) is 0 Å². The molecule has 1 aliphatic heterocycles. The van der Waals surface area contributed by atoms with Crippen molar-refractivity contribution in [1.82, 2.24) is 10.2 Å². The lowest BCUT2D eigenvalue weighted by atomic mass is 10.2. The zero-order chi connectivity index (χ0) is 13.0. The van der Waals surface area contributed by atoms with Gasteiger partial charge in [-0.2, -0.15) is 0 Å². The first kappa shape index (κ1) is 12.7. The van der Waals surface area contributed by atoms with Gasteiger partial charge in [0.15, 0.2) is 0 Å². The van der Waals surface area contributed by atoms with E-state index in [2.05, 4.69) is 10.6 Å². The van der Waals surface area contributed by atoms with Gasteiger partial charge in [0, 0.05) is 51.6 Å². The summed E-state index contributed by atoms with van der Waals surface area (Å²) in [7, 11) is 3.99. The van der Waals surface area contributed by atoms with Crippen LogP contribution in [-0.2, 0) is 0 Å². The fourth-order valence-electron chi connectivity index (χ4n) is 1.91. The molecule has 1 aromatic rings. The largest absolute Gasteiger partial charge is 0.378 e. The first-order valence-corrected chi connectivity index (χ1v) is 6.21. The van der Waals surface area contributed by atoms with E-state index >= 15 is 0 Å². The van der Waals surface area contributed by atoms with Gasteiger partial charge in [0.25, 0.3) is 0 Å². The molecular weight excluding hydrogens is 228 g/mol. The molecule has 0 aromatic heterocycles.